The molecule has 0 saturated carbocycles. The number of carbonyl (C=O) groups excluding carboxylic acids is 1. The lowest BCUT2D eigenvalue weighted by molar-refractivity contribution is -0.0266. The summed E-state index contributed by atoms with van der Waals surface area (Å²) in [5.41, 5.74) is 2.20. The highest BCUT2D eigenvalue weighted by Crippen LogP contribution is 2.36. The Bertz CT molecular complexity index is 1150. The summed E-state index contributed by atoms with van der Waals surface area (Å²) >= 11 is 1.23. The molecule has 164 valence electrons. The number of aliphatic hydroxyl groups is 1. The number of aromatic nitrogens is 2. The molecule has 1 atom stereocenters. The minimum Gasteiger partial charge on any atom is -0.394 e. The second-order valence-electron chi connectivity index (χ2n) is 7.22. The molecule has 3 heterocycles. The summed E-state index contributed by atoms with van der Waals surface area (Å²) in [6.45, 7) is -1.04. The first-order valence-electron chi connectivity index (χ1n) is 9.67. The van der Waals surface area contributed by atoms with E-state index >= 15 is 0 Å². The third-order valence-corrected chi connectivity index (χ3v) is 5.69. The fraction of sp³-hybridized carbons (Fsp3) is 0.227. The van der Waals surface area contributed by atoms with Crippen LogP contribution in [0.15, 0.2) is 48.0 Å². The summed E-state index contributed by atoms with van der Waals surface area (Å²) in [5.74, 6) is 0.520. The lowest BCUT2D eigenvalue weighted by atomic mass is 10.00. The molecular weight excluding hydrogens is 436 g/mol. The van der Waals surface area contributed by atoms with E-state index in [0.717, 1.165) is 11.1 Å². The van der Waals surface area contributed by atoms with E-state index in [1.807, 2.05) is 6.07 Å². The lowest BCUT2D eigenvalue weighted by Crippen LogP contribution is -2.56. The molecule has 4 rings (SSSR count). The number of terminal acetylenes is 1. The molecule has 1 fully saturated rings. The number of alkyl halides is 2. The van der Waals surface area contributed by atoms with E-state index in [1.165, 1.54) is 16.2 Å². The first-order chi connectivity index (χ1) is 15.4. The van der Waals surface area contributed by atoms with E-state index in [0.29, 0.717) is 22.2 Å². The van der Waals surface area contributed by atoms with Gasteiger partial charge in [0, 0.05) is 17.1 Å². The summed E-state index contributed by atoms with van der Waals surface area (Å²) in [5, 5.41) is 17.1. The molecule has 1 aliphatic rings. The quantitative estimate of drug-likeness (QED) is 0.495. The monoisotopic (exact) mass is 455 g/mol. The molecule has 32 heavy (non-hydrogen) atoms. The van der Waals surface area contributed by atoms with E-state index in [2.05, 4.69) is 26.5 Å². The van der Waals surface area contributed by atoms with Crippen LogP contribution in [-0.2, 0) is 0 Å². The van der Waals surface area contributed by atoms with Crippen molar-refractivity contribution in [3.05, 3.63) is 58.5 Å². The number of halogens is 2. The van der Waals surface area contributed by atoms with Crippen molar-refractivity contribution >= 4 is 29.0 Å². The van der Waals surface area contributed by atoms with E-state index in [1.54, 1.807) is 41.9 Å². The fourth-order valence-corrected chi connectivity index (χ4v) is 3.93. The van der Waals surface area contributed by atoms with Crippen LogP contribution in [0.5, 0.6) is 0 Å². The average molecular weight is 455 g/mol. The molecule has 1 aromatic carbocycles. The number of carbonyl (C=O) groups is 1. The Kier molecular flexibility index (Phi) is 6.03. The van der Waals surface area contributed by atoms with Gasteiger partial charge in [0.25, 0.3) is 5.92 Å². The smallest absolute Gasteiger partial charge is 0.320 e. The van der Waals surface area contributed by atoms with Crippen molar-refractivity contribution in [1.29, 1.82) is 0 Å². The molecule has 1 aliphatic heterocycles. The van der Waals surface area contributed by atoms with Crippen LogP contribution in [0.4, 0.5) is 25.2 Å². The van der Waals surface area contributed by atoms with Gasteiger partial charge >= 0.3 is 6.03 Å². The number of urea groups is 1. The third kappa shape index (κ3) is 4.69. The number of nitrogens with one attached hydrogen (secondary N) is 2. The zero-order valence-corrected chi connectivity index (χ0v) is 17.6. The fourth-order valence-electron chi connectivity index (χ4n) is 3.37. The number of nitrogens with zero attached hydrogens (tertiary/aromatic N) is 3. The Balaban J connectivity index is 1.46. The van der Waals surface area contributed by atoms with Crippen LogP contribution in [0.2, 0.25) is 0 Å². The van der Waals surface area contributed by atoms with Gasteiger partial charge in [0.05, 0.1) is 25.7 Å². The van der Waals surface area contributed by atoms with Crippen LogP contribution in [0.3, 0.4) is 0 Å². The predicted octanol–water partition coefficient (Wildman–Crippen LogP) is 3.50. The minimum absolute atomic E-state index is 0.319. The Labute approximate surface area is 187 Å². The van der Waals surface area contributed by atoms with E-state index < -0.39 is 18.0 Å². The highest BCUT2D eigenvalue weighted by Gasteiger charge is 2.45. The second kappa shape index (κ2) is 8.90. The van der Waals surface area contributed by atoms with Crippen molar-refractivity contribution in [2.75, 3.05) is 29.9 Å². The molecule has 7 nitrogen and oxygen atoms in total. The Morgan fingerprint density at radius 3 is 2.69 bits per heavy atom. The number of benzene rings is 1. The number of hydrogen-bond acceptors (Lipinski definition) is 6. The summed E-state index contributed by atoms with van der Waals surface area (Å²) < 4.78 is 26.6. The maximum absolute atomic E-state index is 13.3. The van der Waals surface area contributed by atoms with Gasteiger partial charge in [-0.05, 0) is 29.2 Å². The summed E-state index contributed by atoms with van der Waals surface area (Å²) in [6, 6.07) is 9.51. The van der Waals surface area contributed by atoms with Crippen LogP contribution in [-0.4, -0.2) is 46.7 Å². The van der Waals surface area contributed by atoms with Gasteiger partial charge in [0.2, 0.25) is 0 Å². The summed E-state index contributed by atoms with van der Waals surface area (Å²) in [7, 11) is 0. The maximum Gasteiger partial charge on any atom is 0.320 e. The molecule has 0 unspecified atom stereocenters. The van der Waals surface area contributed by atoms with Gasteiger partial charge in [0.1, 0.15) is 11.6 Å². The van der Waals surface area contributed by atoms with Gasteiger partial charge in [-0.15, -0.1) is 17.8 Å². The Morgan fingerprint density at radius 2 is 2.06 bits per heavy atom. The van der Waals surface area contributed by atoms with Crippen molar-refractivity contribution < 1.29 is 18.7 Å². The molecule has 2 aromatic heterocycles. The van der Waals surface area contributed by atoms with Crippen molar-refractivity contribution in [1.82, 2.24) is 15.3 Å². The molecule has 2 amide bonds. The Hall–Kier alpha value is -3.55. The van der Waals surface area contributed by atoms with Crippen LogP contribution >= 0.6 is 11.3 Å². The third-order valence-electron chi connectivity index (χ3n) is 4.91. The summed E-state index contributed by atoms with van der Waals surface area (Å²) in [4.78, 5) is 22.1. The van der Waals surface area contributed by atoms with Crippen LogP contribution in [0, 0.1) is 12.3 Å². The van der Waals surface area contributed by atoms with Crippen molar-refractivity contribution in [3.63, 3.8) is 0 Å². The zero-order chi connectivity index (χ0) is 22.7. The number of thiazole rings is 1. The molecule has 10 heteroatoms. The first-order valence-corrected chi connectivity index (χ1v) is 10.5. The van der Waals surface area contributed by atoms with Gasteiger partial charge < -0.3 is 15.3 Å². The van der Waals surface area contributed by atoms with Crippen LogP contribution in [0.1, 0.15) is 16.6 Å². The maximum atomic E-state index is 13.3. The lowest BCUT2D eigenvalue weighted by Gasteiger charge is -2.40. The predicted molar refractivity (Wildman–Crippen MR) is 119 cm³/mol. The van der Waals surface area contributed by atoms with Gasteiger partial charge in [-0.1, -0.05) is 24.3 Å². The number of amides is 2. The average Bonchev–Trinajstić information content (AvgIpc) is 3.23. The van der Waals surface area contributed by atoms with E-state index in [9.17, 15) is 18.7 Å². The van der Waals surface area contributed by atoms with E-state index in [-0.39, 0.29) is 19.7 Å². The normalized spacial score (nSPS) is 15.4. The molecule has 0 bridgehead atoms. The second-order valence-corrected chi connectivity index (χ2v) is 8.08. The number of rotatable bonds is 6. The standard InChI is InChI=1S/C22H19F2N5O2S/c1-2-19-27-18(11-32-19)28-21(31)26-17(10-30)15-7-5-14(6-8-15)16-4-3-9-25-20(16)29-12-22(23,24)13-29/h1,3-9,11,17,30H,10,12-13H2,(H2,26,28,31)/t17-/m0/s1. The minimum atomic E-state index is -2.69. The molecular formula is C22H19F2N5O2S. The van der Waals surface area contributed by atoms with Gasteiger partial charge in [-0.25, -0.2) is 23.5 Å². The molecule has 1 saturated heterocycles. The van der Waals surface area contributed by atoms with Crippen molar-refractivity contribution in [2.24, 2.45) is 0 Å². The number of aliphatic hydroxyl groups excluding tert-OH is 1. The van der Waals surface area contributed by atoms with Crippen LogP contribution < -0.4 is 15.5 Å². The molecule has 3 aromatic rings. The summed E-state index contributed by atoms with van der Waals surface area (Å²) in [6.07, 6.45) is 6.84. The number of anilines is 2. The molecule has 0 spiro atoms. The number of pyridine rings is 1. The van der Waals surface area contributed by atoms with Crippen molar-refractivity contribution in [3.8, 4) is 23.5 Å². The SMILES string of the molecule is C#Cc1nc(NC(=O)N[C@@H](CO)c2ccc(-c3cccnc3N3CC(F)(F)C3)cc2)cs1. The largest absolute Gasteiger partial charge is 0.394 e. The molecule has 0 aliphatic carbocycles. The highest BCUT2D eigenvalue weighted by molar-refractivity contribution is 7.10. The number of hydrogen-bond donors (Lipinski definition) is 3. The first kappa shape index (κ1) is 21.7. The zero-order valence-electron chi connectivity index (χ0n) is 16.8. The highest BCUT2D eigenvalue weighted by atomic mass is 32.1. The van der Waals surface area contributed by atoms with Crippen molar-refractivity contribution in [2.45, 2.75) is 12.0 Å². The Morgan fingerprint density at radius 1 is 1.31 bits per heavy atom. The van der Waals surface area contributed by atoms with Gasteiger partial charge in [-0.2, -0.15) is 0 Å². The van der Waals surface area contributed by atoms with Gasteiger partial charge in [0.15, 0.2) is 5.01 Å². The molecule has 3 N–H and O–H groups in total. The van der Waals surface area contributed by atoms with Crippen LogP contribution in [0.25, 0.3) is 11.1 Å². The molecule has 0 radical (unpaired) electrons. The topological polar surface area (TPSA) is 90.4 Å². The van der Waals surface area contributed by atoms with E-state index in [4.69, 9.17) is 6.42 Å². The van der Waals surface area contributed by atoms with Gasteiger partial charge in [-0.3, -0.25) is 5.32 Å².